The van der Waals surface area contributed by atoms with Gasteiger partial charge in [-0.25, -0.2) is 0 Å². The van der Waals surface area contributed by atoms with Gasteiger partial charge in [0, 0.05) is 12.1 Å². The van der Waals surface area contributed by atoms with Crippen LogP contribution in [0.1, 0.15) is 25.0 Å². The molecule has 0 radical (unpaired) electrons. The summed E-state index contributed by atoms with van der Waals surface area (Å²) in [5.74, 6) is 2.46. The first-order valence-electron chi connectivity index (χ1n) is 7.34. The van der Waals surface area contributed by atoms with Crippen LogP contribution in [0.3, 0.4) is 0 Å². The van der Waals surface area contributed by atoms with Gasteiger partial charge in [0.05, 0.1) is 6.61 Å². The fraction of sp³-hybridized carbons (Fsp3) is 0.333. The van der Waals surface area contributed by atoms with Crippen LogP contribution in [0, 0.1) is 6.92 Å². The SMILES string of the molecule is CCOc1cccc(Oc2cc(CC(C)N)ccc2C)c1. The lowest BCUT2D eigenvalue weighted by Crippen LogP contribution is -2.17. The molecule has 112 valence electrons. The third-order valence-electron chi connectivity index (χ3n) is 3.15. The number of hydrogen-bond acceptors (Lipinski definition) is 3. The molecule has 2 rings (SSSR count). The van der Waals surface area contributed by atoms with Crippen molar-refractivity contribution >= 4 is 0 Å². The zero-order valence-electron chi connectivity index (χ0n) is 12.9. The number of nitrogens with two attached hydrogens (primary N) is 1. The Morgan fingerprint density at radius 1 is 1.10 bits per heavy atom. The van der Waals surface area contributed by atoms with Gasteiger partial charge < -0.3 is 15.2 Å². The average Bonchev–Trinajstić information content (AvgIpc) is 2.43. The molecular weight excluding hydrogens is 262 g/mol. The Hall–Kier alpha value is -2.00. The average molecular weight is 285 g/mol. The smallest absolute Gasteiger partial charge is 0.131 e. The number of ether oxygens (including phenoxy) is 2. The Labute approximate surface area is 126 Å². The summed E-state index contributed by atoms with van der Waals surface area (Å²) < 4.78 is 11.5. The van der Waals surface area contributed by atoms with Crippen molar-refractivity contribution in [3.05, 3.63) is 53.6 Å². The molecule has 2 aromatic carbocycles. The highest BCUT2D eigenvalue weighted by molar-refractivity contribution is 5.42. The molecule has 0 aliphatic carbocycles. The number of aryl methyl sites for hydroxylation is 1. The third kappa shape index (κ3) is 4.50. The topological polar surface area (TPSA) is 44.5 Å². The second-order valence-electron chi connectivity index (χ2n) is 5.29. The third-order valence-corrected chi connectivity index (χ3v) is 3.15. The lowest BCUT2D eigenvalue weighted by Gasteiger charge is -2.13. The Morgan fingerprint density at radius 2 is 1.86 bits per heavy atom. The Kier molecular flexibility index (Phi) is 5.23. The zero-order chi connectivity index (χ0) is 15.2. The van der Waals surface area contributed by atoms with E-state index in [1.165, 1.54) is 5.56 Å². The first-order valence-corrected chi connectivity index (χ1v) is 7.34. The predicted octanol–water partition coefficient (Wildman–Crippen LogP) is 4.08. The van der Waals surface area contributed by atoms with Crippen molar-refractivity contribution in [1.82, 2.24) is 0 Å². The minimum atomic E-state index is 0.141. The van der Waals surface area contributed by atoms with Gasteiger partial charge in [0.25, 0.3) is 0 Å². The van der Waals surface area contributed by atoms with Crippen LogP contribution in [0.2, 0.25) is 0 Å². The maximum absolute atomic E-state index is 6.00. The molecule has 0 aliphatic heterocycles. The van der Waals surface area contributed by atoms with E-state index in [0.717, 1.165) is 29.2 Å². The fourth-order valence-corrected chi connectivity index (χ4v) is 2.17. The zero-order valence-corrected chi connectivity index (χ0v) is 12.9. The first-order chi connectivity index (χ1) is 10.1. The molecule has 0 spiro atoms. The Balaban J connectivity index is 2.20. The normalized spacial score (nSPS) is 12.0. The first kappa shape index (κ1) is 15.4. The van der Waals surface area contributed by atoms with E-state index in [0.29, 0.717) is 6.61 Å². The van der Waals surface area contributed by atoms with Crippen LogP contribution in [0.4, 0.5) is 0 Å². The molecule has 0 bridgehead atoms. The molecule has 2 N–H and O–H groups in total. The van der Waals surface area contributed by atoms with Crippen LogP contribution in [0.15, 0.2) is 42.5 Å². The summed E-state index contributed by atoms with van der Waals surface area (Å²) >= 11 is 0. The monoisotopic (exact) mass is 285 g/mol. The molecule has 0 fully saturated rings. The van der Waals surface area contributed by atoms with Crippen LogP contribution < -0.4 is 15.2 Å². The molecule has 3 heteroatoms. The van der Waals surface area contributed by atoms with Gasteiger partial charge in [0.1, 0.15) is 17.2 Å². The van der Waals surface area contributed by atoms with Crippen LogP contribution >= 0.6 is 0 Å². The predicted molar refractivity (Wildman–Crippen MR) is 86.2 cm³/mol. The molecule has 1 atom stereocenters. The minimum absolute atomic E-state index is 0.141. The van der Waals surface area contributed by atoms with Crippen molar-refractivity contribution in [2.45, 2.75) is 33.2 Å². The number of benzene rings is 2. The lowest BCUT2D eigenvalue weighted by molar-refractivity contribution is 0.338. The Morgan fingerprint density at radius 3 is 2.57 bits per heavy atom. The summed E-state index contributed by atoms with van der Waals surface area (Å²) in [6.07, 6.45) is 0.843. The van der Waals surface area contributed by atoms with E-state index in [4.69, 9.17) is 15.2 Å². The largest absolute Gasteiger partial charge is 0.494 e. The van der Waals surface area contributed by atoms with E-state index in [9.17, 15) is 0 Å². The molecular formula is C18H23NO2. The lowest BCUT2D eigenvalue weighted by atomic mass is 10.1. The maximum Gasteiger partial charge on any atom is 0.131 e. The van der Waals surface area contributed by atoms with Crippen molar-refractivity contribution in [3.63, 3.8) is 0 Å². The molecule has 0 saturated carbocycles. The van der Waals surface area contributed by atoms with Gasteiger partial charge in [-0.3, -0.25) is 0 Å². The molecule has 0 aliphatic rings. The molecule has 0 saturated heterocycles. The highest BCUT2D eigenvalue weighted by Crippen LogP contribution is 2.28. The van der Waals surface area contributed by atoms with E-state index in [1.807, 2.05) is 45.0 Å². The van der Waals surface area contributed by atoms with Gasteiger partial charge in [-0.1, -0.05) is 18.2 Å². The quantitative estimate of drug-likeness (QED) is 0.870. The summed E-state index contributed by atoms with van der Waals surface area (Å²) in [7, 11) is 0. The summed E-state index contributed by atoms with van der Waals surface area (Å²) in [6.45, 7) is 6.66. The standard InChI is InChI=1S/C18H23NO2/c1-4-20-16-6-5-7-17(12-16)21-18-11-15(10-14(3)19)9-8-13(18)2/h5-9,11-12,14H,4,10,19H2,1-3H3. The second-order valence-corrected chi connectivity index (χ2v) is 5.29. The van der Waals surface area contributed by atoms with Crippen molar-refractivity contribution in [3.8, 4) is 17.2 Å². The van der Waals surface area contributed by atoms with E-state index < -0.39 is 0 Å². The van der Waals surface area contributed by atoms with Gasteiger partial charge in [0.2, 0.25) is 0 Å². The summed E-state index contributed by atoms with van der Waals surface area (Å²) in [6, 6.07) is 14.1. The molecule has 1 unspecified atom stereocenters. The van der Waals surface area contributed by atoms with E-state index in [2.05, 4.69) is 18.2 Å². The summed E-state index contributed by atoms with van der Waals surface area (Å²) in [5, 5.41) is 0. The van der Waals surface area contributed by atoms with Gasteiger partial charge in [-0.2, -0.15) is 0 Å². The van der Waals surface area contributed by atoms with Gasteiger partial charge >= 0.3 is 0 Å². The van der Waals surface area contributed by atoms with Crippen molar-refractivity contribution < 1.29 is 9.47 Å². The highest BCUT2D eigenvalue weighted by atomic mass is 16.5. The van der Waals surface area contributed by atoms with Crippen LogP contribution in [-0.2, 0) is 6.42 Å². The number of rotatable bonds is 6. The molecule has 0 aromatic heterocycles. The van der Waals surface area contributed by atoms with Gasteiger partial charge in [-0.05, 0) is 56.5 Å². The highest BCUT2D eigenvalue weighted by Gasteiger charge is 2.06. The van der Waals surface area contributed by atoms with Crippen molar-refractivity contribution in [2.24, 2.45) is 5.73 Å². The molecule has 2 aromatic rings. The van der Waals surface area contributed by atoms with E-state index in [-0.39, 0.29) is 6.04 Å². The van der Waals surface area contributed by atoms with Crippen LogP contribution in [-0.4, -0.2) is 12.6 Å². The summed E-state index contributed by atoms with van der Waals surface area (Å²) in [5.41, 5.74) is 8.15. The van der Waals surface area contributed by atoms with Crippen LogP contribution in [0.5, 0.6) is 17.2 Å². The van der Waals surface area contributed by atoms with Crippen LogP contribution in [0.25, 0.3) is 0 Å². The van der Waals surface area contributed by atoms with Gasteiger partial charge in [-0.15, -0.1) is 0 Å². The van der Waals surface area contributed by atoms with Gasteiger partial charge in [0.15, 0.2) is 0 Å². The van der Waals surface area contributed by atoms with E-state index >= 15 is 0 Å². The second kappa shape index (κ2) is 7.14. The molecule has 0 amide bonds. The van der Waals surface area contributed by atoms with Crippen molar-refractivity contribution in [2.75, 3.05) is 6.61 Å². The van der Waals surface area contributed by atoms with Crippen molar-refractivity contribution in [1.29, 1.82) is 0 Å². The molecule has 3 nitrogen and oxygen atoms in total. The van der Waals surface area contributed by atoms with E-state index in [1.54, 1.807) is 0 Å². The maximum atomic E-state index is 6.00. The molecule has 0 heterocycles. The Bertz CT molecular complexity index is 594. The number of hydrogen-bond donors (Lipinski definition) is 1. The summed E-state index contributed by atoms with van der Waals surface area (Å²) in [4.78, 5) is 0. The fourth-order valence-electron chi connectivity index (χ4n) is 2.17. The minimum Gasteiger partial charge on any atom is -0.494 e. The molecule has 21 heavy (non-hydrogen) atoms.